The Bertz CT molecular complexity index is 775. The molecule has 0 atom stereocenters. The lowest BCUT2D eigenvalue weighted by atomic mass is 10.3. The fourth-order valence-electron chi connectivity index (χ4n) is 1.95. The molecule has 0 bridgehead atoms. The largest absolute Gasteiger partial charge is 0.465 e. The van der Waals surface area contributed by atoms with Crippen molar-refractivity contribution in [2.75, 3.05) is 5.32 Å². The summed E-state index contributed by atoms with van der Waals surface area (Å²) in [7, 11) is 0. The van der Waals surface area contributed by atoms with Gasteiger partial charge in [0.05, 0.1) is 6.54 Å². The van der Waals surface area contributed by atoms with Crippen LogP contribution < -0.4 is 5.32 Å². The van der Waals surface area contributed by atoms with Gasteiger partial charge in [-0.15, -0.1) is 0 Å². The summed E-state index contributed by atoms with van der Waals surface area (Å²) in [6.45, 7) is 2.14. The Kier molecular flexibility index (Phi) is 3.08. The predicted molar refractivity (Wildman–Crippen MR) is 68.8 cm³/mol. The van der Waals surface area contributed by atoms with Gasteiger partial charge in [0.15, 0.2) is 11.5 Å². The molecule has 0 aliphatic rings. The van der Waals surface area contributed by atoms with Crippen LogP contribution in [-0.4, -0.2) is 14.6 Å². The third-order valence-corrected chi connectivity index (χ3v) is 2.91. The zero-order valence-electron chi connectivity index (χ0n) is 11.0. The number of furan rings is 1. The molecular formula is C13H11F3N4O. The van der Waals surface area contributed by atoms with Crippen molar-refractivity contribution in [2.24, 2.45) is 0 Å². The van der Waals surface area contributed by atoms with Crippen LogP contribution in [-0.2, 0) is 12.7 Å². The number of hydrogen-bond donors (Lipinski definition) is 1. The molecule has 0 amide bonds. The first-order valence-corrected chi connectivity index (χ1v) is 6.14. The Balaban J connectivity index is 1.89. The van der Waals surface area contributed by atoms with E-state index in [9.17, 15) is 13.2 Å². The molecule has 3 heterocycles. The summed E-state index contributed by atoms with van der Waals surface area (Å²) < 4.78 is 44.6. The molecule has 0 aliphatic carbocycles. The third-order valence-electron chi connectivity index (χ3n) is 2.91. The highest BCUT2D eigenvalue weighted by Crippen LogP contribution is 2.30. The van der Waals surface area contributed by atoms with E-state index in [0.717, 1.165) is 16.3 Å². The zero-order chi connectivity index (χ0) is 15.0. The molecule has 0 radical (unpaired) electrons. The van der Waals surface area contributed by atoms with E-state index < -0.39 is 11.9 Å². The number of halogens is 3. The van der Waals surface area contributed by atoms with Gasteiger partial charge in [0.2, 0.25) is 0 Å². The second-order valence-corrected chi connectivity index (χ2v) is 4.50. The molecule has 0 spiro atoms. The van der Waals surface area contributed by atoms with Crippen molar-refractivity contribution in [1.29, 1.82) is 0 Å². The Morgan fingerprint density at radius 3 is 2.81 bits per heavy atom. The van der Waals surface area contributed by atoms with E-state index in [1.165, 1.54) is 12.4 Å². The molecule has 110 valence electrons. The maximum atomic E-state index is 12.7. The first-order valence-electron chi connectivity index (χ1n) is 6.14. The zero-order valence-corrected chi connectivity index (χ0v) is 11.0. The lowest BCUT2D eigenvalue weighted by Gasteiger charge is -2.04. The summed E-state index contributed by atoms with van der Waals surface area (Å²) in [5.74, 6) is 1.75. The van der Waals surface area contributed by atoms with Gasteiger partial charge < -0.3 is 9.73 Å². The molecule has 0 aliphatic heterocycles. The monoisotopic (exact) mass is 296 g/mol. The van der Waals surface area contributed by atoms with Crippen molar-refractivity contribution < 1.29 is 17.6 Å². The first-order chi connectivity index (χ1) is 9.93. The van der Waals surface area contributed by atoms with Crippen molar-refractivity contribution in [3.63, 3.8) is 0 Å². The molecule has 3 rings (SSSR count). The summed E-state index contributed by atoms with van der Waals surface area (Å²) in [5, 5.41) is 6.44. The number of fused-ring (bicyclic) bond motifs is 1. The SMILES string of the molecule is Cc1ccc(CNc2nccn3nc(C(F)(F)F)cc23)o1. The molecular weight excluding hydrogens is 285 g/mol. The van der Waals surface area contributed by atoms with Gasteiger partial charge in [-0.2, -0.15) is 18.3 Å². The minimum Gasteiger partial charge on any atom is -0.465 e. The van der Waals surface area contributed by atoms with Crippen LogP contribution in [0.2, 0.25) is 0 Å². The van der Waals surface area contributed by atoms with E-state index in [0.29, 0.717) is 18.1 Å². The van der Waals surface area contributed by atoms with E-state index in [-0.39, 0.29) is 5.52 Å². The maximum absolute atomic E-state index is 12.7. The molecule has 0 aromatic carbocycles. The standard InChI is InChI=1S/C13H11F3N4O/c1-8-2-3-9(21-8)7-18-12-10-6-11(13(14,15)16)19-20(10)5-4-17-12/h2-6H,7H2,1H3,(H,17,18). The Hall–Kier alpha value is -2.51. The van der Waals surface area contributed by atoms with E-state index in [1.54, 1.807) is 6.07 Å². The quantitative estimate of drug-likeness (QED) is 0.806. The van der Waals surface area contributed by atoms with Crippen LogP contribution in [0.4, 0.5) is 19.0 Å². The highest BCUT2D eigenvalue weighted by Gasteiger charge is 2.34. The number of nitrogens with one attached hydrogen (secondary N) is 1. The fraction of sp³-hybridized carbons (Fsp3) is 0.231. The molecule has 21 heavy (non-hydrogen) atoms. The molecule has 0 fully saturated rings. The smallest absolute Gasteiger partial charge is 0.435 e. The van der Waals surface area contributed by atoms with Crippen molar-refractivity contribution in [2.45, 2.75) is 19.6 Å². The van der Waals surface area contributed by atoms with Crippen LogP contribution in [0.1, 0.15) is 17.2 Å². The van der Waals surface area contributed by atoms with Crippen LogP contribution in [0.5, 0.6) is 0 Å². The minimum atomic E-state index is -4.48. The number of rotatable bonds is 3. The normalized spacial score (nSPS) is 12.0. The van der Waals surface area contributed by atoms with Gasteiger partial charge in [-0.05, 0) is 19.1 Å². The number of hydrogen-bond acceptors (Lipinski definition) is 4. The highest BCUT2D eigenvalue weighted by atomic mass is 19.4. The van der Waals surface area contributed by atoms with Crippen LogP contribution in [0, 0.1) is 6.92 Å². The average Bonchev–Trinajstić information content (AvgIpc) is 3.01. The van der Waals surface area contributed by atoms with Crippen molar-refractivity contribution in [1.82, 2.24) is 14.6 Å². The van der Waals surface area contributed by atoms with Gasteiger partial charge in [0, 0.05) is 18.5 Å². The van der Waals surface area contributed by atoms with E-state index in [4.69, 9.17) is 4.42 Å². The van der Waals surface area contributed by atoms with Crippen molar-refractivity contribution in [3.05, 3.63) is 47.8 Å². The number of nitrogens with zero attached hydrogens (tertiary/aromatic N) is 3. The van der Waals surface area contributed by atoms with Gasteiger partial charge in [-0.3, -0.25) is 0 Å². The topological polar surface area (TPSA) is 55.4 Å². The Morgan fingerprint density at radius 2 is 2.14 bits per heavy atom. The number of aromatic nitrogens is 3. The van der Waals surface area contributed by atoms with Gasteiger partial charge in [-0.1, -0.05) is 0 Å². The van der Waals surface area contributed by atoms with Gasteiger partial charge in [0.25, 0.3) is 0 Å². The molecule has 0 saturated carbocycles. The van der Waals surface area contributed by atoms with Crippen LogP contribution >= 0.6 is 0 Å². The van der Waals surface area contributed by atoms with Crippen molar-refractivity contribution >= 4 is 11.3 Å². The summed E-state index contributed by atoms with van der Waals surface area (Å²) in [6.07, 6.45) is -1.73. The average molecular weight is 296 g/mol. The molecule has 1 N–H and O–H groups in total. The van der Waals surface area contributed by atoms with Gasteiger partial charge in [0.1, 0.15) is 17.0 Å². The van der Waals surface area contributed by atoms with E-state index >= 15 is 0 Å². The van der Waals surface area contributed by atoms with Gasteiger partial charge in [-0.25, -0.2) is 9.50 Å². The number of anilines is 1. The molecule has 0 saturated heterocycles. The van der Waals surface area contributed by atoms with Crippen LogP contribution in [0.25, 0.3) is 5.52 Å². The third kappa shape index (κ3) is 2.69. The second kappa shape index (κ2) is 4.80. The summed E-state index contributed by atoms with van der Waals surface area (Å²) >= 11 is 0. The molecule has 0 unspecified atom stereocenters. The summed E-state index contributed by atoms with van der Waals surface area (Å²) in [4.78, 5) is 4.04. The number of alkyl halides is 3. The predicted octanol–water partition coefficient (Wildman–Crippen LogP) is 3.26. The minimum absolute atomic E-state index is 0.258. The number of aryl methyl sites for hydroxylation is 1. The molecule has 3 aromatic heterocycles. The highest BCUT2D eigenvalue weighted by molar-refractivity contribution is 5.67. The van der Waals surface area contributed by atoms with Crippen LogP contribution in [0.15, 0.2) is 35.0 Å². The van der Waals surface area contributed by atoms with Crippen molar-refractivity contribution in [3.8, 4) is 0 Å². The Morgan fingerprint density at radius 1 is 1.33 bits per heavy atom. The fourth-order valence-corrected chi connectivity index (χ4v) is 1.95. The summed E-state index contributed by atoms with van der Waals surface area (Å²) in [5.41, 5.74) is -0.694. The van der Waals surface area contributed by atoms with Gasteiger partial charge >= 0.3 is 6.18 Å². The molecule has 5 nitrogen and oxygen atoms in total. The first kappa shape index (κ1) is 13.5. The summed E-state index contributed by atoms with van der Waals surface area (Å²) in [6, 6.07) is 4.56. The van der Waals surface area contributed by atoms with E-state index in [1.807, 2.05) is 13.0 Å². The molecule has 8 heteroatoms. The Labute approximate surface area is 117 Å². The lowest BCUT2D eigenvalue weighted by Crippen LogP contribution is -2.05. The lowest BCUT2D eigenvalue weighted by molar-refractivity contribution is -0.141. The van der Waals surface area contributed by atoms with Crippen LogP contribution in [0.3, 0.4) is 0 Å². The maximum Gasteiger partial charge on any atom is 0.435 e. The molecule has 3 aromatic rings. The second-order valence-electron chi connectivity index (χ2n) is 4.50. The van der Waals surface area contributed by atoms with E-state index in [2.05, 4.69) is 15.4 Å².